The summed E-state index contributed by atoms with van der Waals surface area (Å²) in [5.41, 5.74) is 0. The number of carbonyl (C=O) groups is 1. The number of likely N-dealkylation sites (tertiary alicyclic amines) is 1. The lowest BCUT2D eigenvalue weighted by atomic mass is 10.0. The Kier molecular flexibility index (Phi) is 5.37. The Morgan fingerprint density at radius 3 is 2.40 bits per heavy atom. The number of ether oxygens (including phenoxy) is 3. The van der Waals surface area contributed by atoms with Gasteiger partial charge in [0.15, 0.2) is 5.79 Å². The van der Waals surface area contributed by atoms with E-state index in [1.54, 1.807) is 7.11 Å². The van der Waals surface area contributed by atoms with Gasteiger partial charge in [-0.3, -0.25) is 4.79 Å². The summed E-state index contributed by atoms with van der Waals surface area (Å²) in [5, 5.41) is 3.57. The summed E-state index contributed by atoms with van der Waals surface area (Å²) in [6.45, 7) is 6.98. The highest BCUT2D eigenvalue weighted by molar-refractivity contribution is 5.77. The zero-order chi connectivity index (χ0) is 14.6. The molecule has 20 heavy (non-hydrogen) atoms. The lowest BCUT2D eigenvalue weighted by Gasteiger charge is -2.39. The second-order valence-corrected chi connectivity index (χ2v) is 5.97. The number of hydrogen-bond donors (Lipinski definition) is 1. The minimum Gasteiger partial charge on any atom is -0.375 e. The first-order chi connectivity index (χ1) is 9.50. The molecule has 0 radical (unpaired) electrons. The SMILES string of the molecule is COCC(=O)N1CCC(NC2COC(C)(C)OC2)CC1. The van der Waals surface area contributed by atoms with E-state index in [0.717, 1.165) is 25.9 Å². The normalized spacial score (nSPS) is 24.9. The van der Waals surface area contributed by atoms with Gasteiger partial charge in [0.05, 0.1) is 19.3 Å². The summed E-state index contributed by atoms with van der Waals surface area (Å²) in [4.78, 5) is 13.6. The molecule has 0 bridgehead atoms. The molecule has 0 spiro atoms. The van der Waals surface area contributed by atoms with Gasteiger partial charge in [-0.1, -0.05) is 0 Å². The van der Waals surface area contributed by atoms with Crippen LogP contribution in [0.4, 0.5) is 0 Å². The van der Waals surface area contributed by atoms with Crippen molar-refractivity contribution in [3.63, 3.8) is 0 Å². The second-order valence-electron chi connectivity index (χ2n) is 5.97. The molecule has 0 saturated carbocycles. The number of amides is 1. The Morgan fingerprint density at radius 1 is 1.25 bits per heavy atom. The molecule has 2 rings (SSSR count). The summed E-state index contributed by atoms with van der Waals surface area (Å²) in [6.07, 6.45) is 1.94. The van der Waals surface area contributed by atoms with Crippen molar-refractivity contribution >= 4 is 5.91 Å². The summed E-state index contributed by atoms with van der Waals surface area (Å²) in [7, 11) is 1.55. The van der Waals surface area contributed by atoms with Gasteiger partial charge in [0, 0.05) is 26.2 Å². The van der Waals surface area contributed by atoms with Crippen LogP contribution in [0, 0.1) is 0 Å². The van der Waals surface area contributed by atoms with Crippen LogP contribution < -0.4 is 5.32 Å². The van der Waals surface area contributed by atoms with Crippen molar-refractivity contribution < 1.29 is 19.0 Å². The molecule has 2 saturated heterocycles. The highest BCUT2D eigenvalue weighted by Gasteiger charge is 2.30. The van der Waals surface area contributed by atoms with Crippen LogP contribution in [-0.2, 0) is 19.0 Å². The van der Waals surface area contributed by atoms with Crippen molar-refractivity contribution in [3.05, 3.63) is 0 Å². The van der Waals surface area contributed by atoms with Gasteiger partial charge in [-0.15, -0.1) is 0 Å². The number of methoxy groups -OCH3 is 1. The third-order valence-electron chi connectivity index (χ3n) is 3.85. The fraction of sp³-hybridized carbons (Fsp3) is 0.929. The molecule has 2 fully saturated rings. The molecule has 0 aromatic rings. The summed E-state index contributed by atoms with van der Waals surface area (Å²) >= 11 is 0. The lowest BCUT2D eigenvalue weighted by molar-refractivity contribution is -0.253. The van der Waals surface area contributed by atoms with Gasteiger partial charge in [-0.25, -0.2) is 0 Å². The van der Waals surface area contributed by atoms with Crippen LogP contribution in [0.5, 0.6) is 0 Å². The Balaban J connectivity index is 1.68. The average Bonchev–Trinajstić information content (AvgIpc) is 2.42. The first kappa shape index (κ1) is 15.7. The molecular formula is C14H26N2O4. The van der Waals surface area contributed by atoms with Crippen molar-refractivity contribution in [1.29, 1.82) is 0 Å². The van der Waals surface area contributed by atoms with E-state index in [0.29, 0.717) is 19.3 Å². The number of rotatable bonds is 4. The third-order valence-corrected chi connectivity index (χ3v) is 3.85. The van der Waals surface area contributed by atoms with Crippen molar-refractivity contribution in [3.8, 4) is 0 Å². The van der Waals surface area contributed by atoms with E-state index in [2.05, 4.69) is 5.32 Å². The van der Waals surface area contributed by atoms with Crippen LogP contribution in [-0.4, -0.2) is 68.7 Å². The fourth-order valence-electron chi connectivity index (χ4n) is 2.63. The molecule has 6 heteroatoms. The van der Waals surface area contributed by atoms with Gasteiger partial charge < -0.3 is 24.4 Å². The summed E-state index contributed by atoms with van der Waals surface area (Å²) in [5.74, 6) is -0.384. The standard InChI is InChI=1S/C14H26N2O4/c1-14(2)19-8-12(9-20-14)15-11-4-6-16(7-5-11)13(17)10-18-3/h11-12,15H,4-10H2,1-3H3. The maximum absolute atomic E-state index is 11.7. The number of piperidine rings is 1. The third kappa shape index (κ3) is 4.41. The Bertz CT molecular complexity index is 317. The van der Waals surface area contributed by atoms with Gasteiger partial charge in [0.2, 0.25) is 5.91 Å². The Morgan fingerprint density at radius 2 is 1.85 bits per heavy atom. The first-order valence-corrected chi connectivity index (χ1v) is 7.31. The van der Waals surface area contributed by atoms with Crippen molar-refractivity contribution in [2.75, 3.05) is 40.0 Å². The zero-order valence-electron chi connectivity index (χ0n) is 12.7. The molecule has 2 heterocycles. The average molecular weight is 286 g/mol. The van der Waals surface area contributed by atoms with Gasteiger partial charge >= 0.3 is 0 Å². The molecule has 0 unspecified atom stereocenters. The predicted molar refractivity (Wildman–Crippen MR) is 74.4 cm³/mol. The Labute approximate surface area is 120 Å². The zero-order valence-corrected chi connectivity index (χ0v) is 12.7. The van der Waals surface area contributed by atoms with Crippen LogP contribution in [0.15, 0.2) is 0 Å². The number of hydrogen-bond acceptors (Lipinski definition) is 5. The minimum absolute atomic E-state index is 0.0806. The molecule has 0 atom stereocenters. The van der Waals surface area contributed by atoms with Crippen LogP contribution in [0.25, 0.3) is 0 Å². The number of carbonyl (C=O) groups excluding carboxylic acids is 1. The fourth-order valence-corrected chi connectivity index (χ4v) is 2.63. The van der Waals surface area contributed by atoms with Gasteiger partial charge in [0.25, 0.3) is 0 Å². The van der Waals surface area contributed by atoms with Gasteiger partial charge in [-0.2, -0.15) is 0 Å². The van der Waals surface area contributed by atoms with Crippen molar-refractivity contribution in [1.82, 2.24) is 10.2 Å². The van der Waals surface area contributed by atoms with Crippen LogP contribution in [0.3, 0.4) is 0 Å². The van der Waals surface area contributed by atoms with Crippen LogP contribution >= 0.6 is 0 Å². The molecule has 0 aromatic carbocycles. The van der Waals surface area contributed by atoms with Crippen LogP contribution in [0.2, 0.25) is 0 Å². The highest BCUT2D eigenvalue weighted by Crippen LogP contribution is 2.18. The molecule has 116 valence electrons. The van der Waals surface area contributed by atoms with Crippen molar-refractivity contribution in [2.24, 2.45) is 0 Å². The lowest BCUT2D eigenvalue weighted by Crippen LogP contribution is -2.54. The maximum Gasteiger partial charge on any atom is 0.248 e. The molecule has 2 aliphatic rings. The van der Waals surface area contributed by atoms with Crippen LogP contribution in [0.1, 0.15) is 26.7 Å². The summed E-state index contributed by atoms with van der Waals surface area (Å²) in [6, 6.07) is 0.675. The predicted octanol–water partition coefficient (Wildman–Crippen LogP) is 0.365. The Hall–Kier alpha value is -0.690. The molecule has 6 nitrogen and oxygen atoms in total. The molecular weight excluding hydrogens is 260 g/mol. The first-order valence-electron chi connectivity index (χ1n) is 7.31. The van der Waals surface area contributed by atoms with Crippen molar-refractivity contribution in [2.45, 2.75) is 44.6 Å². The van der Waals surface area contributed by atoms with Gasteiger partial charge in [-0.05, 0) is 26.7 Å². The summed E-state index contributed by atoms with van der Waals surface area (Å²) < 4.78 is 16.2. The van der Waals surface area contributed by atoms with E-state index in [9.17, 15) is 4.79 Å². The number of nitrogens with zero attached hydrogens (tertiary/aromatic N) is 1. The van der Waals surface area contributed by atoms with E-state index in [4.69, 9.17) is 14.2 Å². The number of nitrogens with one attached hydrogen (secondary N) is 1. The molecule has 0 aliphatic carbocycles. The monoisotopic (exact) mass is 286 g/mol. The molecule has 1 N–H and O–H groups in total. The van der Waals surface area contributed by atoms with E-state index >= 15 is 0 Å². The molecule has 1 amide bonds. The minimum atomic E-state index is -0.464. The van der Waals surface area contributed by atoms with E-state index in [1.807, 2.05) is 18.7 Å². The quantitative estimate of drug-likeness (QED) is 0.809. The van der Waals surface area contributed by atoms with E-state index in [-0.39, 0.29) is 18.6 Å². The maximum atomic E-state index is 11.7. The largest absolute Gasteiger partial charge is 0.375 e. The van der Waals surface area contributed by atoms with E-state index < -0.39 is 5.79 Å². The molecule has 0 aromatic heterocycles. The molecule has 2 aliphatic heterocycles. The van der Waals surface area contributed by atoms with Gasteiger partial charge in [0.1, 0.15) is 6.61 Å². The highest BCUT2D eigenvalue weighted by atomic mass is 16.7. The second kappa shape index (κ2) is 6.85. The smallest absolute Gasteiger partial charge is 0.248 e. The topological polar surface area (TPSA) is 60.0 Å². The van der Waals surface area contributed by atoms with E-state index in [1.165, 1.54) is 0 Å².